The molecule has 0 radical (unpaired) electrons. The van der Waals surface area contributed by atoms with Gasteiger partial charge < -0.3 is 11.1 Å². The van der Waals surface area contributed by atoms with E-state index in [-0.39, 0.29) is 5.69 Å². The zero-order valence-corrected chi connectivity index (χ0v) is 11.1. The van der Waals surface area contributed by atoms with Gasteiger partial charge in [0.25, 0.3) is 5.69 Å². The summed E-state index contributed by atoms with van der Waals surface area (Å²) in [6.07, 6.45) is 2.42. The Morgan fingerprint density at radius 1 is 1.58 bits per heavy atom. The Morgan fingerprint density at radius 2 is 2.37 bits per heavy atom. The zero-order valence-electron chi connectivity index (χ0n) is 11.1. The van der Waals surface area contributed by atoms with Crippen molar-refractivity contribution in [2.75, 3.05) is 30.7 Å². The van der Waals surface area contributed by atoms with Crippen LogP contribution in [0, 0.1) is 10.1 Å². The smallest absolute Gasteiger partial charge is 0.271 e. The van der Waals surface area contributed by atoms with Crippen molar-refractivity contribution in [1.29, 1.82) is 0 Å². The number of hydrogen-bond acceptors (Lipinski definition) is 5. The summed E-state index contributed by atoms with van der Waals surface area (Å²) in [5.74, 6) is 0. The second-order valence-electron chi connectivity index (χ2n) is 4.83. The van der Waals surface area contributed by atoms with Gasteiger partial charge in [-0.15, -0.1) is 0 Å². The summed E-state index contributed by atoms with van der Waals surface area (Å²) < 4.78 is 0. The molecule has 1 atom stereocenters. The zero-order chi connectivity index (χ0) is 13.8. The van der Waals surface area contributed by atoms with Crippen molar-refractivity contribution in [2.24, 2.45) is 0 Å². The van der Waals surface area contributed by atoms with Gasteiger partial charge in [0.2, 0.25) is 0 Å². The van der Waals surface area contributed by atoms with E-state index in [1.807, 2.05) is 0 Å². The Bertz CT molecular complexity index is 464. The van der Waals surface area contributed by atoms with Gasteiger partial charge in [-0.05, 0) is 32.0 Å². The normalized spacial score (nSPS) is 19.5. The summed E-state index contributed by atoms with van der Waals surface area (Å²) in [4.78, 5) is 12.6. The first kappa shape index (κ1) is 13.6. The van der Waals surface area contributed by atoms with E-state index in [0.717, 1.165) is 25.3 Å². The van der Waals surface area contributed by atoms with Crippen LogP contribution in [0.4, 0.5) is 17.1 Å². The maximum atomic E-state index is 10.6. The van der Waals surface area contributed by atoms with Crippen LogP contribution in [-0.4, -0.2) is 35.5 Å². The van der Waals surface area contributed by atoms with Crippen LogP contribution in [0.1, 0.15) is 19.8 Å². The predicted molar refractivity (Wildman–Crippen MR) is 76.3 cm³/mol. The molecule has 0 spiro atoms. The number of likely N-dealkylation sites (N-methyl/N-ethyl adjacent to an activating group) is 1. The third-order valence-electron chi connectivity index (χ3n) is 3.68. The van der Waals surface area contributed by atoms with Crippen molar-refractivity contribution in [3.8, 4) is 0 Å². The first-order valence-electron chi connectivity index (χ1n) is 6.63. The fraction of sp³-hybridized carbons (Fsp3) is 0.538. The highest BCUT2D eigenvalue weighted by Crippen LogP contribution is 2.25. The molecule has 3 N–H and O–H groups in total. The van der Waals surface area contributed by atoms with Crippen molar-refractivity contribution >= 4 is 17.1 Å². The maximum absolute atomic E-state index is 10.6. The molecule has 2 rings (SSSR count). The minimum atomic E-state index is -0.435. The maximum Gasteiger partial charge on any atom is 0.271 e. The molecular weight excluding hydrogens is 244 g/mol. The largest absolute Gasteiger partial charge is 0.397 e. The van der Waals surface area contributed by atoms with Gasteiger partial charge in [0.05, 0.1) is 16.3 Å². The van der Waals surface area contributed by atoms with Crippen LogP contribution in [0.3, 0.4) is 0 Å². The molecule has 6 nitrogen and oxygen atoms in total. The van der Waals surface area contributed by atoms with Crippen LogP contribution < -0.4 is 11.1 Å². The van der Waals surface area contributed by atoms with Gasteiger partial charge in [-0.2, -0.15) is 0 Å². The first-order valence-corrected chi connectivity index (χ1v) is 6.63. The molecule has 0 bridgehead atoms. The number of benzene rings is 1. The number of nitrogens with zero attached hydrogens (tertiary/aromatic N) is 2. The third-order valence-corrected chi connectivity index (χ3v) is 3.68. The van der Waals surface area contributed by atoms with Crippen molar-refractivity contribution in [2.45, 2.75) is 25.8 Å². The van der Waals surface area contributed by atoms with Crippen molar-refractivity contribution in [3.05, 3.63) is 28.3 Å². The van der Waals surface area contributed by atoms with Crippen LogP contribution >= 0.6 is 0 Å². The number of nitrogens with two attached hydrogens (primary N) is 1. The van der Waals surface area contributed by atoms with Gasteiger partial charge in [-0.1, -0.05) is 6.92 Å². The quantitative estimate of drug-likeness (QED) is 0.483. The van der Waals surface area contributed by atoms with E-state index < -0.39 is 4.92 Å². The van der Waals surface area contributed by atoms with Crippen LogP contribution in [0.2, 0.25) is 0 Å². The summed E-state index contributed by atoms with van der Waals surface area (Å²) in [5, 5.41) is 13.9. The van der Waals surface area contributed by atoms with E-state index in [2.05, 4.69) is 17.1 Å². The topological polar surface area (TPSA) is 84.4 Å². The summed E-state index contributed by atoms with van der Waals surface area (Å²) in [6, 6.07) is 5.08. The molecule has 0 saturated carbocycles. The highest BCUT2D eigenvalue weighted by molar-refractivity contribution is 5.69. The molecule has 1 aliphatic rings. The third kappa shape index (κ3) is 3.14. The molecular formula is C13H20N4O2. The first-order chi connectivity index (χ1) is 9.11. The number of nitro benzene ring substituents is 1. The molecule has 1 aromatic rings. The van der Waals surface area contributed by atoms with E-state index in [0.29, 0.717) is 11.7 Å². The van der Waals surface area contributed by atoms with Crippen molar-refractivity contribution in [3.63, 3.8) is 0 Å². The second-order valence-corrected chi connectivity index (χ2v) is 4.83. The van der Waals surface area contributed by atoms with Crippen LogP contribution in [0.15, 0.2) is 18.2 Å². The van der Waals surface area contributed by atoms with E-state index in [1.165, 1.54) is 25.0 Å². The van der Waals surface area contributed by atoms with Crippen LogP contribution in [0.5, 0.6) is 0 Å². The lowest BCUT2D eigenvalue weighted by Gasteiger charge is -2.23. The summed E-state index contributed by atoms with van der Waals surface area (Å²) >= 11 is 0. The summed E-state index contributed by atoms with van der Waals surface area (Å²) in [7, 11) is 0. The average molecular weight is 264 g/mol. The highest BCUT2D eigenvalue weighted by Gasteiger charge is 2.22. The minimum absolute atomic E-state index is 0.0269. The monoisotopic (exact) mass is 264 g/mol. The van der Waals surface area contributed by atoms with Gasteiger partial charge in [0.1, 0.15) is 0 Å². The molecule has 19 heavy (non-hydrogen) atoms. The van der Waals surface area contributed by atoms with E-state index in [9.17, 15) is 10.1 Å². The van der Waals surface area contributed by atoms with Gasteiger partial charge in [-0.3, -0.25) is 15.0 Å². The summed E-state index contributed by atoms with van der Waals surface area (Å²) in [6.45, 7) is 5.20. The molecule has 0 aromatic heterocycles. The minimum Gasteiger partial charge on any atom is -0.397 e. The van der Waals surface area contributed by atoms with Crippen LogP contribution in [0.25, 0.3) is 0 Å². The number of nitrogen functional groups attached to an aromatic ring is 1. The van der Waals surface area contributed by atoms with Gasteiger partial charge in [-0.25, -0.2) is 0 Å². The molecule has 1 unspecified atom stereocenters. The van der Waals surface area contributed by atoms with E-state index >= 15 is 0 Å². The Labute approximate surface area is 112 Å². The second kappa shape index (κ2) is 5.88. The Kier molecular flexibility index (Phi) is 4.21. The molecule has 104 valence electrons. The number of anilines is 2. The van der Waals surface area contributed by atoms with Crippen molar-refractivity contribution < 1.29 is 4.92 Å². The fourth-order valence-corrected chi connectivity index (χ4v) is 2.60. The standard InChI is InChI=1S/C13H20N4O2/c1-2-16-7-3-4-11(16)9-15-13-6-5-10(17(18)19)8-12(13)14/h5-6,8,11,15H,2-4,7,9,14H2,1H3. The number of nitrogens with one attached hydrogen (secondary N) is 1. The number of non-ortho nitro benzene ring substituents is 1. The predicted octanol–water partition coefficient (Wildman–Crippen LogP) is 2.07. The molecule has 1 saturated heterocycles. The molecule has 1 aliphatic heterocycles. The SMILES string of the molecule is CCN1CCCC1CNc1ccc([N+](=O)[O-])cc1N. The summed E-state index contributed by atoms with van der Waals surface area (Å²) in [5.41, 5.74) is 7.06. The average Bonchev–Trinajstić information content (AvgIpc) is 2.84. The lowest BCUT2D eigenvalue weighted by molar-refractivity contribution is -0.384. The Balaban J connectivity index is 1.98. The van der Waals surface area contributed by atoms with E-state index in [4.69, 9.17) is 5.73 Å². The molecule has 0 amide bonds. The van der Waals surface area contributed by atoms with Gasteiger partial charge in [0.15, 0.2) is 0 Å². The number of hydrogen-bond donors (Lipinski definition) is 2. The molecule has 1 heterocycles. The number of likely N-dealkylation sites (tertiary alicyclic amines) is 1. The van der Waals surface area contributed by atoms with Gasteiger partial charge >= 0.3 is 0 Å². The highest BCUT2D eigenvalue weighted by atomic mass is 16.6. The Morgan fingerprint density at radius 3 is 3.00 bits per heavy atom. The molecule has 1 fully saturated rings. The lowest BCUT2D eigenvalue weighted by atomic mass is 10.2. The Hall–Kier alpha value is -1.82. The van der Waals surface area contributed by atoms with E-state index in [1.54, 1.807) is 6.07 Å². The molecule has 1 aromatic carbocycles. The molecule has 0 aliphatic carbocycles. The molecule has 6 heteroatoms. The lowest BCUT2D eigenvalue weighted by Crippen LogP contribution is -2.34. The van der Waals surface area contributed by atoms with Gasteiger partial charge in [0, 0.05) is 24.7 Å². The fourth-order valence-electron chi connectivity index (χ4n) is 2.60. The number of nitro groups is 1. The van der Waals surface area contributed by atoms with Crippen molar-refractivity contribution in [1.82, 2.24) is 4.90 Å². The number of rotatable bonds is 5. The van der Waals surface area contributed by atoms with Crippen LogP contribution in [-0.2, 0) is 0 Å².